The molecule has 0 unspecified atom stereocenters. The van der Waals surface area contributed by atoms with Gasteiger partial charge in [0.05, 0.1) is 6.54 Å². The number of benzene rings is 1. The van der Waals surface area contributed by atoms with Crippen molar-refractivity contribution in [3.63, 3.8) is 0 Å². The Morgan fingerprint density at radius 2 is 1.75 bits per heavy atom. The molecule has 5 rings (SSSR count). The highest BCUT2D eigenvalue weighted by molar-refractivity contribution is 14.1. The van der Waals surface area contributed by atoms with E-state index in [-0.39, 0.29) is 5.91 Å². The lowest BCUT2D eigenvalue weighted by Gasteiger charge is -2.48. The molecule has 2 aliphatic rings. The lowest BCUT2D eigenvalue weighted by atomic mass is 10.0. The highest BCUT2D eigenvalue weighted by Crippen LogP contribution is 2.22. The third-order valence-electron chi connectivity index (χ3n) is 6.04. The normalized spacial score (nSPS) is 17.3. The van der Waals surface area contributed by atoms with E-state index in [0.717, 1.165) is 66.0 Å². The number of furan rings is 1. The van der Waals surface area contributed by atoms with Crippen molar-refractivity contribution in [2.24, 2.45) is 0 Å². The number of anilines is 2. The molecule has 2 aromatic heterocycles. The predicted octanol–water partition coefficient (Wildman–Crippen LogP) is 2.93. The van der Waals surface area contributed by atoms with Gasteiger partial charge in [0.2, 0.25) is 5.95 Å². The van der Waals surface area contributed by atoms with Crippen LogP contribution in [-0.4, -0.2) is 71.0 Å². The van der Waals surface area contributed by atoms with Crippen LogP contribution in [0.15, 0.2) is 59.3 Å². The summed E-state index contributed by atoms with van der Waals surface area (Å²) in [5.74, 6) is 1.79. The molecular formula is C23H25IN6O2. The van der Waals surface area contributed by atoms with Crippen LogP contribution in [0.2, 0.25) is 0 Å². The smallest absolute Gasteiger partial charge is 0.253 e. The summed E-state index contributed by atoms with van der Waals surface area (Å²) in [7, 11) is 0. The Hall–Kier alpha value is -2.66. The van der Waals surface area contributed by atoms with Gasteiger partial charge >= 0.3 is 0 Å². The van der Waals surface area contributed by atoms with Crippen LogP contribution in [0, 0.1) is 3.77 Å². The highest BCUT2D eigenvalue weighted by atomic mass is 127. The van der Waals surface area contributed by atoms with Crippen molar-refractivity contribution in [3.8, 4) is 0 Å². The minimum absolute atomic E-state index is 0.102. The van der Waals surface area contributed by atoms with Crippen LogP contribution >= 0.6 is 22.6 Å². The molecule has 0 radical (unpaired) electrons. The fraction of sp³-hybridized carbons (Fsp3) is 0.348. The molecule has 2 saturated heterocycles. The summed E-state index contributed by atoms with van der Waals surface area (Å²) in [6, 6.07) is 13.9. The topological polar surface area (TPSA) is 77.7 Å². The number of hydrogen-bond acceptors (Lipinski definition) is 7. The molecule has 32 heavy (non-hydrogen) atoms. The molecule has 9 heteroatoms. The second-order valence-corrected chi connectivity index (χ2v) is 9.14. The molecule has 1 amide bonds. The van der Waals surface area contributed by atoms with Gasteiger partial charge in [-0.15, -0.1) is 0 Å². The maximum Gasteiger partial charge on any atom is 0.253 e. The van der Waals surface area contributed by atoms with Gasteiger partial charge in [-0.3, -0.25) is 9.69 Å². The summed E-state index contributed by atoms with van der Waals surface area (Å²) in [6.45, 7) is 5.98. The average Bonchev–Trinajstić information content (AvgIpc) is 3.23. The molecule has 2 fully saturated rings. The second-order valence-electron chi connectivity index (χ2n) is 8.07. The number of nitrogens with zero attached hydrogens (tertiary/aromatic N) is 5. The lowest BCUT2D eigenvalue weighted by molar-refractivity contribution is 0.0246. The Kier molecular flexibility index (Phi) is 6.26. The number of likely N-dealkylation sites (tertiary alicyclic amines) is 1. The summed E-state index contributed by atoms with van der Waals surface area (Å²) in [6.07, 6.45) is 3.57. The Bertz CT molecular complexity index is 1040. The Morgan fingerprint density at radius 1 is 1.03 bits per heavy atom. The molecular weight excluding hydrogens is 519 g/mol. The van der Waals surface area contributed by atoms with Gasteiger partial charge in [-0.1, -0.05) is 0 Å². The number of hydrogen-bond donors (Lipinski definition) is 1. The Morgan fingerprint density at radius 3 is 2.41 bits per heavy atom. The van der Waals surface area contributed by atoms with Gasteiger partial charge in [-0.05, 0) is 65.1 Å². The lowest BCUT2D eigenvalue weighted by Crippen LogP contribution is -2.64. The molecule has 0 saturated carbocycles. The molecule has 4 heterocycles. The van der Waals surface area contributed by atoms with Crippen LogP contribution in [-0.2, 0) is 6.54 Å². The van der Waals surface area contributed by atoms with E-state index in [1.165, 1.54) is 0 Å². The van der Waals surface area contributed by atoms with Crippen molar-refractivity contribution in [1.82, 2.24) is 19.8 Å². The van der Waals surface area contributed by atoms with E-state index >= 15 is 0 Å². The average molecular weight is 544 g/mol. The third kappa shape index (κ3) is 4.73. The van der Waals surface area contributed by atoms with Crippen LogP contribution in [0.3, 0.4) is 0 Å². The quantitative estimate of drug-likeness (QED) is 0.479. The van der Waals surface area contributed by atoms with Crippen molar-refractivity contribution in [2.45, 2.75) is 12.6 Å². The van der Waals surface area contributed by atoms with Gasteiger partial charge in [0.15, 0.2) is 3.77 Å². The summed E-state index contributed by atoms with van der Waals surface area (Å²) in [4.78, 5) is 28.2. The Labute approximate surface area is 200 Å². The van der Waals surface area contributed by atoms with E-state index in [9.17, 15) is 4.79 Å². The van der Waals surface area contributed by atoms with Crippen molar-refractivity contribution in [1.29, 1.82) is 0 Å². The van der Waals surface area contributed by atoms with Crippen LogP contribution in [0.4, 0.5) is 11.6 Å². The molecule has 1 aromatic carbocycles. The minimum atomic E-state index is 0.102. The molecule has 0 aliphatic carbocycles. The maximum atomic E-state index is 12.8. The first kappa shape index (κ1) is 21.2. The van der Waals surface area contributed by atoms with Gasteiger partial charge in [-0.25, -0.2) is 9.97 Å². The number of aromatic nitrogens is 2. The number of nitrogens with one attached hydrogen (secondary N) is 1. The first-order chi connectivity index (χ1) is 15.7. The first-order valence-corrected chi connectivity index (χ1v) is 11.9. The van der Waals surface area contributed by atoms with Crippen molar-refractivity contribution < 1.29 is 9.21 Å². The molecule has 0 spiro atoms. The van der Waals surface area contributed by atoms with Crippen molar-refractivity contribution >= 4 is 40.1 Å². The summed E-state index contributed by atoms with van der Waals surface area (Å²) in [5, 5.41) is 3.32. The molecule has 166 valence electrons. The molecule has 2 aliphatic heterocycles. The van der Waals surface area contributed by atoms with Crippen molar-refractivity contribution in [2.75, 3.05) is 49.5 Å². The van der Waals surface area contributed by atoms with E-state index < -0.39 is 0 Å². The first-order valence-electron chi connectivity index (χ1n) is 10.8. The van der Waals surface area contributed by atoms with E-state index in [4.69, 9.17) is 4.42 Å². The van der Waals surface area contributed by atoms with Crippen LogP contribution in [0.5, 0.6) is 0 Å². The standard InChI is InChI=1S/C23H25IN6O2/c24-21-7-6-20(32-21)14-27-18-4-2-17(3-5-18)22(31)30-15-19(16-30)28-10-12-29(13-11-28)23-25-8-1-9-26-23/h1-9,19,27H,10-16H2. The third-order valence-corrected chi connectivity index (χ3v) is 6.62. The van der Waals surface area contributed by atoms with Gasteiger partial charge in [0, 0.05) is 69.0 Å². The second kappa shape index (κ2) is 9.45. The SMILES string of the molecule is O=C(c1ccc(NCc2ccc(I)o2)cc1)N1CC(N2CCN(c3ncccn3)CC2)C1. The number of halogens is 1. The molecule has 8 nitrogen and oxygen atoms in total. The summed E-state index contributed by atoms with van der Waals surface area (Å²) >= 11 is 2.15. The monoisotopic (exact) mass is 544 g/mol. The van der Waals surface area contributed by atoms with Gasteiger partial charge in [0.1, 0.15) is 5.76 Å². The van der Waals surface area contributed by atoms with Crippen LogP contribution < -0.4 is 10.2 Å². The molecule has 3 aromatic rings. The fourth-order valence-corrected chi connectivity index (χ4v) is 4.61. The maximum absolute atomic E-state index is 12.8. The van der Waals surface area contributed by atoms with E-state index in [1.807, 2.05) is 47.4 Å². The highest BCUT2D eigenvalue weighted by Gasteiger charge is 2.36. The fourth-order valence-electron chi connectivity index (χ4n) is 4.14. The summed E-state index contributed by atoms with van der Waals surface area (Å²) < 4.78 is 6.44. The largest absolute Gasteiger partial charge is 0.454 e. The minimum Gasteiger partial charge on any atom is -0.454 e. The zero-order chi connectivity index (χ0) is 21.9. The number of rotatable bonds is 6. The van der Waals surface area contributed by atoms with E-state index in [2.05, 4.69) is 47.7 Å². The van der Waals surface area contributed by atoms with E-state index in [0.29, 0.717) is 12.6 Å². The Balaban J connectivity index is 1.08. The van der Waals surface area contributed by atoms with Crippen molar-refractivity contribution in [3.05, 3.63) is 69.9 Å². The summed E-state index contributed by atoms with van der Waals surface area (Å²) in [5.41, 5.74) is 1.70. The van der Waals surface area contributed by atoms with Crippen LogP contribution in [0.25, 0.3) is 0 Å². The van der Waals surface area contributed by atoms with Gasteiger partial charge < -0.3 is 19.5 Å². The predicted molar refractivity (Wildman–Crippen MR) is 131 cm³/mol. The zero-order valence-corrected chi connectivity index (χ0v) is 19.8. The van der Waals surface area contributed by atoms with E-state index in [1.54, 1.807) is 12.4 Å². The number of piperazine rings is 1. The number of carbonyl (C=O) groups excluding carboxylic acids is 1. The number of carbonyl (C=O) groups is 1. The molecule has 1 N–H and O–H groups in total. The molecule has 0 atom stereocenters. The van der Waals surface area contributed by atoms with Crippen LogP contribution in [0.1, 0.15) is 16.1 Å². The van der Waals surface area contributed by atoms with Gasteiger partial charge in [0.25, 0.3) is 5.91 Å². The number of amides is 1. The zero-order valence-electron chi connectivity index (χ0n) is 17.7. The van der Waals surface area contributed by atoms with Gasteiger partial charge in [-0.2, -0.15) is 0 Å². The molecule has 0 bridgehead atoms.